The Morgan fingerprint density at radius 3 is 2.29 bits per heavy atom. The smallest absolute Gasteiger partial charge is 0.248 e. The third-order valence-electron chi connectivity index (χ3n) is 4.21. The molecule has 1 saturated carbocycles. The third-order valence-corrected chi connectivity index (χ3v) is 4.21. The number of hydrogen-bond acceptors (Lipinski definition) is 4. The first kappa shape index (κ1) is 17.9. The maximum Gasteiger partial charge on any atom is 0.248 e. The molecule has 0 aromatic heterocycles. The van der Waals surface area contributed by atoms with E-state index in [1.165, 1.54) is 7.11 Å². The fourth-order valence-electron chi connectivity index (χ4n) is 2.94. The minimum absolute atomic E-state index is 0.0187. The molecule has 1 atom stereocenters. The van der Waals surface area contributed by atoms with Crippen LogP contribution in [0, 0.1) is 0 Å². The molecule has 2 amide bonds. The molecule has 122 valence electrons. The lowest BCUT2D eigenvalue weighted by atomic mass is 9.80. The van der Waals surface area contributed by atoms with Gasteiger partial charge in [0.25, 0.3) is 0 Å². The summed E-state index contributed by atoms with van der Waals surface area (Å²) in [5, 5.41) is 2.93. The number of carbonyl (C=O) groups excluding carboxylic acids is 2. The number of carbonyl (C=O) groups is 2. The van der Waals surface area contributed by atoms with Crippen molar-refractivity contribution in [1.29, 1.82) is 0 Å². The monoisotopic (exact) mass is 299 g/mol. The quantitative estimate of drug-likeness (QED) is 0.723. The largest absolute Gasteiger partial charge is 0.383 e. The van der Waals surface area contributed by atoms with Crippen LogP contribution in [0.25, 0.3) is 0 Å². The molecule has 6 nitrogen and oxygen atoms in total. The van der Waals surface area contributed by atoms with Crippen LogP contribution in [0.4, 0.5) is 0 Å². The Bertz CT molecular complexity index is 350. The van der Waals surface area contributed by atoms with Gasteiger partial charge in [-0.3, -0.25) is 9.59 Å². The minimum Gasteiger partial charge on any atom is -0.383 e. The van der Waals surface area contributed by atoms with Crippen molar-refractivity contribution < 1.29 is 14.3 Å². The Hall–Kier alpha value is -1.14. The summed E-state index contributed by atoms with van der Waals surface area (Å²) in [7, 11) is 1.50. The van der Waals surface area contributed by atoms with E-state index in [4.69, 9.17) is 10.5 Å². The SMILES string of the molecule is CCN(CC)C(=O)C1(NC(=O)C(N)COC)CCCCC1. The van der Waals surface area contributed by atoms with Gasteiger partial charge in [0.2, 0.25) is 11.8 Å². The summed E-state index contributed by atoms with van der Waals surface area (Å²) in [6, 6.07) is -0.738. The van der Waals surface area contributed by atoms with Gasteiger partial charge in [-0.05, 0) is 26.7 Å². The van der Waals surface area contributed by atoms with Gasteiger partial charge in [0, 0.05) is 20.2 Å². The number of ether oxygens (including phenoxy) is 1. The van der Waals surface area contributed by atoms with Crippen molar-refractivity contribution >= 4 is 11.8 Å². The van der Waals surface area contributed by atoms with Crippen molar-refractivity contribution in [3.63, 3.8) is 0 Å². The summed E-state index contributed by atoms with van der Waals surface area (Å²) in [6.07, 6.45) is 4.38. The average Bonchev–Trinajstić information content (AvgIpc) is 2.49. The zero-order valence-corrected chi connectivity index (χ0v) is 13.5. The number of likely N-dealkylation sites (N-methyl/N-ethyl adjacent to an activating group) is 1. The van der Waals surface area contributed by atoms with Crippen molar-refractivity contribution in [2.75, 3.05) is 26.8 Å². The highest BCUT2D eigenvalue weighted by molar-refractivity contribution is 5.93. The maximum absolute atomic E-state index is 12.8. The number of nitrogens with two attached hydrogens (primary N) is 1. The van der Waals surface area contributed by atoms with Crippen molar-refractivity contribution in [1.82, 2.24) is 10.2 Å². The van der Waals surface area contributed by atoms with E-state index in [-0.39, 0.29) is 18.4 Å². The van der Waals surface area contributed by atoms with Gasteiger partial charge in [0.05, 0.1) is 6.61 Å². The van der Waals surface area contributed by atoms with Crippen molar-refractivity contribution in [3.8, 4) is 0 Å². The molecule has 1 fully saturated rings. The lowest BCUT2D eigenvalue weighted by molar-refractivity contribution is -0.143. The van der Waals surface area contributed by atoms with Gasteiger partial charge in [-0.15, -0.1) is 0 Å². The van der Waals surface area contributed by atoms with Crippen molar-refractivity contribution in [2.24, 2.45) is 5.73 Å². The highest BCUT2D eigenvalue weighted by Crippen LogP contribution is 2.30. The van der Waals surface area contributed by atoms with Gasteiger partial charge in [-0.2, -0.15) is 0 Å². The Morgan fingerprint density at radius 2 is 1.81 bits per heavy atom. The lowest BCUT2D eigenvalue weighted by Crippen LogP contribution is -2.63. The normalized spacial score (nSPS) is 18.9. The van der Waals surface area contributed by atoms with Crippen LogP contribution in [0.3, 0.4) is 0 Å². The molecule has 0 heterocycles. The van der Waals surface area contributed by atoms with E-state index in [1.807, 2.05) is 13.8 Å². The summed E-state index contributed by atoms with van der Waals surface area (Å²) >= 11 is 0. The Kier molecular flexibility index (Phi) is 7.11. The zero-order valence-electron chi connectivity index (χ0n) is 13.5. The molecule has 0 bridgehead atoms. The predicted octanol–water partition coefficient (Wildman–Crippen LogP) is 0.648. The van der Waals surface area contributed by atoms with Crippen LogP contribution in [-0.2, 0) is 14.3 Å². The first-order valence-corrected chi connectivity index (χ1v) is 7.86. The highest BCUT2D eigenvalue weighted by atomic mass is 16.5. The predicted molar refractivity (Wildman–Crippen MR) is 81.7 cm³/mol. The molecule has 6 heteroatoms. The first-order valence-electron chi connectivity index (χ1n) is 7.86. The number of nitrogens with one attached hydrogen (secondary N) is 1. The van der Waals surface area contributed by atoms with Crippen LogP contribution in [0.1, 0.15) is 46.0 Å². The number of amides is 2. The standard InChI is InChI=1S/C15H29N3O3/c1-4-18(5-2)14(20)15(9-7-6-8-10-15)17-13(19)12(16)11-21-3/h12H,4-11,16H2,1-3H3,(H,17,19). The van der Waals surface area contributed by atoms with Gasteiger partial charge in [-0.25, -0.2) is 0 Å². The molecule has 1 aliphatic rings. The molecule has 0 aliphatic heterocycles. The van der Waals surface area contributed by atoms with E-state index in [9.17, 15) is 9.59 Å². The number of hydrogen-bond donors (Lipinski definition) is 2. The van der Waals surface area contributed by atoms with E-state index in [1.54, 1.807) is 4.90 Å². The van der Waals surface area contributed by atoms with Crippen LogP contribution in [-0.4, -0.2) is 55.1 Å². The van der Waals surface area contributed by atoms with Gasteiger partial charge < -0.3 is 20.7 Å². The second-order valence-corrected chi connectivity index (χ2v) is 5.67. The highest BCUT2D eigenvalue weighted by Gasteiger charge is 2.43. The molecule has 1 aliphatic carbocycles. The second-order valence-electron chi connectivity index (χ2n) is 5.67. The lowest BCUT2D eigenvalue weighted by Gasteiger charge is -2.40. The molecule has 1 unspecified atom stereocenters. The Morgan fingerprint density at radius 1 is 1.24 bits per heavy atom. The molecule has 0 saturated heterocycles. The maximum atomic E-state index is 12.8. The van der Waals surface area contributed by atoms with Crippen molar-refractivity contribution in [2.45, 2.75) is 57.5 Å². The molecule has 3 N–H and O–H groups in total. The average molecular weight is 299 g/mol. The fourth-order valence-corrected chi connectivity index (χ4v) is 2.94. The second kappa shape index (κ2) is 8.34. The number of methoxy groups -OCH3 is 1. The first-order chi connectivity index (χ1) is 10.0. The van der Waals surface area contributed by atoms with E-state index in [2.05, 4.69) is 5.32 Å². The van der Waals surface area contributed by atoms with Crippen LogP contribution in [0.15, 0.2) is 0 Å². The van der Waals surface area contributed by atoms with Crippen molar-refractivity contribution in [3.05, 3.63) is 0 Å². The summed E-state index contributed by atoms with van der Waals surface area (Å²) in [5.74, 6) is -0.288. The van der Waals surface area contributed by atoms with Crippen LogP contribution >= 0.6 is 0 Å². The summed E-state index contributed by atoms with van der Waals surface area (Å²) < 4.78 is 4.92. The Balaban J connectivity index is 2.88. The number of rotatable bonds is 7. The fraction of sp³-hybridized carbons (Fsp3) is 0.867. The van der Waals surface area contributed by atoms with E-state index in [0.717, 1.165) is 19.3 Å². The topological polar surface area (TPSA) is 84.7 Å². The molecule has 1 rings (SSSR count). The van der Waals surface area contributed by atoms with E-state index in [0.29, 0.717) is 25.9 Å². The molecule has 0 aromatic rings. The molecule has 21 heavy (non-hydrogen) atoms. The third kappa shape index (κ3) is 4.41. The molecule has 0 aromatic carbocycles. The zero-order chi connectivity index (χ0) is 15.9. The molecular formula is C15H29N3O3. The molecule has 0 spiro atoms. The van der Waals surface area contributed by atoms with Gasteiger partial charge in [0.15, 0.2) is 0 Å². The van der Waals surface area contributed by atoms with Gasteiger partial charge >= 0.3 is 0 Å². The van der Waals surface area contributed by atoms with E-state index >= 15 is 0 Å². The Labute approximate surface area is 127 Å². The van der Waals surface area contributed by atoms with Gasteiger partial charge in [0.1, 0.15) is 11.6 Å². The molecule has 0 radical (unpaired) electrons. The van der Waals surface area contributed by atoms with Gasteiger partial charge in [-0.1, -0.05) is 19.3 Å². The van der Waals surface area contributed by atoms with Crippen LogP contribution in [0.5, 0.6) is 0 Å². The summed E-state index contributed by atoms with van der Waals surface area (Å²) in [4.78, 5) is 26.8. The van der Waals surface area contributed by atoms with Crippen LogP contribution in [0.2, 0.25) is 0 Å². The van der Waals surface area contributed by atoms with E-state index < -0.39 is 11.6 Å². The summed E-state index contributed by atoms with van der Waals surface area (Å²) in [5.41, 5.74) is 5.00. The minimum atomic E-state index is -0.785. The van der Waals surface area contributed by atoms with Crippen LogP contribution < -0.4 is 11.1 Å². The number of nitrogens with zero attached hydrogens (tertiary/aromatic N) is 1. The summed E-state index contributed by atoms with van der Waals surface area (Å²) in [6.45, 7) is 5.36. The molecular weight excluding hydrogens is 270 g/mol.